The fraction of sp³-hybridized carbons (Fsp3) is 0.150. The molecule has 2 amide bonds. The summed E-state index contributed by atoms with van der Waals surface area (Å²) in [7, 11) is -3.92. The fourth-order valence-electron chi connectivity index (χ4n) is 2.60. The summed E-state index contributed by atoms with van der Waals surface area (Å²) in [6.07, 6.45) is 1.22. The van der Waals surface area contributed by atoms with Crippen molar-refractivity contribution in [2.24, 2.45) is 0 Å². The van der Waals surface area contributed by atoms with E-state index in [1.54, 1.807) is 24.3 Å². The Morgan fingerprint density at radius 2 is 1.87 bits per heavy atom. The van der Waals surface area contributed by atoms with Crippen LogP contribution in [0.1, 0.15) is 17.5 Å². The molecule has 2 aromatic carbocycles. The highest BCUT2D eigenvalue weighted by atomic mass is 32.2. The van der Waals surface area contributed by atoms with E-state index in [-0.39, 0.29) is 32.7 Å². The van der Waals surface area contributed by atoms with Gasteiger partial charge in [0.15, 0.2) is 0 Å². The molecular weight excluding hydrogens is 461 g/mol. The number of halogens is 1. The average molecular weight is 480 g/mol. The first-order chi connectivity index (χ1) is 14.7. The molecule has 1 saturated heterocycles. The van der Waals surface area contributed by atoms with E-state index in [1.807, 2.05) is 11.8 Å². The Morgan fingerprint density at radius 1 is 1.19 bits per heavy atom. The van der Waals surface area contributed by atoms with Crippen molar-refractivity contribution < 1.29 is 22.4 Å². The van der Waals surface area contributed by atoms with Gasteiger partial charge in [-0.05, 0) is 31.2 Å². The number of carbonyl (C=O) groups excluding carboxylic acids is 2. The van der Waals surface area contributed by atoms with E-state index in [2.05, 4.69) is 5.43 Å². The lowest BCUT2D eigenvalue weighted by Gasteiger charge is -2.14. The lowest BCUT2D eigenvalue weighted by molar-refractivity contribution is -0.124. The third-order valence-corrected chi connectivity index (χ3v) is 6.93. The van der Waals surface area contributed by atoms with Gasteiger partial charge >= 0.3 is 0 Å². The maximum absolute atomic E-state index is 13.8. The van der Waals surface area contributed by atoms with Crippen molar-refractivity contribution in [2.45, 2.75) is 18.2 Å². The molecule has 2 aromatic rings. The zero-order chi connectivity index (χ0) is 22.6. The van der Waals surface area contributed by atoms with Crippen LogP contribution in [0.4, 0.5) is 4.39 Å². The second-order valence-electron chi connectivity index (χ2n) is 6.57. The Hall–Kier alpha value is -2.60. The SMILES string of the molecule is Cc1ccc(S(=O)(=O)NNC(=O)CCN2C(=O)C(=Cc3ccccc3F)SC2=S)cc1. The number of aryl methyl sites for hydroxylation is 1. The van der Waals surface area contributed by atoms with E-state index in [0.29, 0.717) is 0 Å². The van der Waals surface area contributed by atoms with Gasteiger partial charge in [0.1, 0.15) is 10.1 Å². The van der Waals surface area contributed by atoms with Crippen molar-refractivity contribution in [3.05, 3.63) is 70.4 Å². The van der Waals surface area contributed by atoms with Gasteiger partial charge in [0.25, 0.3) is 15.9 Å². The zero-order valence-electron chi connectivity index (χ0n) is 16.3. The molecular formula is C20H18FN3O4S3. The molecule has 0 aromatic heterocycles. The predicted octanol–water partition coefficient (Wildman–Crippen LogP) is 2.74. The Morgan fingerprint density at radius 3 is 2.55 bits per heavy atom. The highest BCUT2D eigenvalue weighted by Gasteiger charge is 2.32. The van der Waals surface area contributed by atoms with Crippen LogP contribution in [0.5, 0.6) is 0 Å². The molecule has 1 heterocycles. The van der Waals surface area contributed by atoms with Gasteiger partial charge in [-0.2, -0.15) is 0 Å². The van der Waals surface area contributed by atoms with Crippen molar-refractivity contribution in [3.63, 3.8) is 0 Å². The van der Waals surface area contributed by atoms with Gasteiger partial charge in [0, 0.05) is 18.5 Å². The fourth-order valence-corrected chi connectivity index (χ4v) is 4.76. The summed E-state index contributed by atoms with van der Waals surface area (Å²) in [6.45, 7) is 1.78. The number of carbonyl (C=O) groups is 2. The van der Waals surface area contributed by atoms with Gasteiger partial charge in [0.2, 0.25) is 5.91 Å². The van der Waals surface area contributed by atoms with Crippen molar-refractivity contribution >= 4 is 56.2 Å². The van der Waals surface area contributed by atoms with Gasteiger partial charge in [-0.1, -0.05) is 59.9 Å². The van der Waals surface area contributed by atoms with Gasteiger partial charge < -0.3 is 0 Å². The molecule has 0 saturated carbocycles. The first-order valence-electron chi connectivity index (χ1n) is 9.04. The maximum atomic E-state index is 13.8. The van der Waals surface area contributed by atoms with E-state index in [9.17, 15) is 22.4 Å². The third kappa shape index (κ3) is 5.76. The second kappa shape index (κ2) is 9.69. The normalized spacial score (nSPS) is 15.5. The number of hydrogen-bond donors (Lipinski definition) is 2. The van der Waals surface area contributed by atoms with Crippen molar-refractivity contribution in [1.82, 2.24) is 15.2 Å². The van der Waals surface area contributed by atoms with Gasteiger partial charge in [0.05, 0.1) is 9.80 Å². The van der Waals surface area contributed by atoms with Crippen LogP contribution in [0, 0.1) is 12.7 Å². The summed E-state index contributed by atoms with van der Waals surface area (Å²) in [5.41, 5.74) is 3.27. The second-order valence-corrected chi connectivity index (χ2v) is 9.93. The van der Waals surface area contributed by atoms with Crippen LogP contribution in [-0.4, -0.2) is 36.0 Å². The first-order valence-corrected chi connectivity index (χ1v) is 11.8. The number of nitrogens with one attached hydrogen (secondary N) is 2. The molecule has 3 rings (SSSR count). The summed E-state index contributed by atoms with van der Waals surface area (Å²) in [5, 5.41) is 0. The molecule has 0 atom stereocenters. The van der Waals surface area contributed by atoms with Crippen LogP contribution >= 0.6 is 24.0 Å². The number of hydrazine groups is 1. The monoisotopic (exact) mass is 479 g/mol. The van der Waals surface area contributed by atoms with E-state index in [4.69, 9.17) is 12.2 Å². The molecule has 0 unspecified atom stereocenters. The zero-order valence-corrected chi connectivity index (χ0v) is 18.7. The molecule has 0 aliphatic carbocycles. The molecule has 1 aliphatic heterocycles. The number of thiocarbonyl (C=S) groups is 1. The smallest absolute Gasteiger partial charge is 0.266 e. The topological polar surface area (TPSA) is 95.6 Å². The van der Waals surface area contributed by atoms with E-state index < -0.39 is 27.7 Å². The number of sulfonamides is 1. The summed E-state index contributed by atoms with van der Waals surface area (Å²) in [5.74, 6) is -1.54. The largest absolute Gasteiger partial charge is 0.292 e. The average Bonchev–Trinajstić information content (AvgIpc) is 2.99. The molecule has 11 heteroatoms. The van der Waals surface area contributed by atoms with Crippen molar-refractivity contribution in [2.75, 3.05) is 6.54 Å². The molecule has 0 bridgehead atoms. The van der Waals surface area contributed by atoms with Crippen LogP contribution < -0.4 is 10.3 Å². The van der Waals surface area contributed by atoms with Crippen LogP contribution in [0.25, 0.3) is 6.08 Å². The van der Waals surface area contributed by atoms with E-state index >= 15 is 0 Å². The predicted molar refractivity (Wildman–Crippen MR) is 121 cm³/mol. The molecule has 1 aliphatic rings. The Bertz CT molecular complexity index is 1160. The van der Waals surface area contributed by atoms with Crippen molar-refractivity contribution in [3.8, 4) is 0 Å². The Balaban J connectivity index is 1.56. The molecule has 0 radical (unpaired) electrons. The third-order valence-electron chi connectivity index (χ3n) is 4.28. The van der Waals surface area contributed by atoms with E-state index in [0.717, 1.165) is 17.3 Å². The molecule has 7 nitrogen and oxygen atoms in total. The minimum absolute atomic E-state index is 0.00798. The number of benzene rings is 2. The minimum Gasteiger partial charge on any atom is -0.292 e. The Kier molecular flexibility index (Phi) is 7.21. The van der Waals surface area contributed by atoms with Gasteiger partial charge in [-0.3, -0.25) is 19.9 Å². The summed E-state index contributed by atoms with van der Waals surface area (Å²) in [6, 6.07) is 12.1. The van der Waals surface area contributed by atoms with E-state index in [1.165, 1.54) is 35.2 Å². The highest BCUT2D eigenvalue weighted by Crippen LogP contribution is 2.32. The number of thioether (sulfide) groups is 1. The number of rotatable bonds is 7. The number of hydrogen-bond acceptors (Lipinski definition) is 6. The standard InChI is InChI=1S/C20H18FN3O4S3/c1-13-6-8-15(9-7-13)31(27,28)23-22-18(25)10-11-24-19(26)17(30-20(24)29)12-14-4-2-3-5-16(14)21/h2-9,12,23H,10-11H2,1H3,(H,22,25). The quantitative estimate of drug-likeness (QED) is 0.360. The summed E-state index contributed by atoms with van der Waals surface area (Å²) >= 11 is 6.20. The molecule has 31 heavy (non-hydrogen) atoms. The molecule has 162 valence electrons. The lowest BCUT2D eigenvalue weighted by Crippen LogP contribution is -2.43. The lowest BCUT2D eigenvalue weighted by atomic mass is 10.2. The summed E-state index contributed by atoms with van der Waals surface area (Å²) in [4.78, 5) is 28.1. The highest BCUT2D eigenvalue weighted by molar-refractivity contribution is 8.26. The summed E-state index contributed by atoms with van der Waals surface area (Å²) < 4.78 is 38.5. The molecule has 2 N–H and O–H groups in total. The van der Waals surface area contributed by atoms with Crippen LogP contribution in [0.3, 0.4) is 0 Å². The number of nitrogens with zero attached hydrogens (tertiary/aromatic N) is 1. The Labute approximate surface area is 188 Å². The first kappa shape index (κ1) is 23.1. The molecule has 0 spiro atoms. The van der Waals surface area contributed by atoms with Crippen LogP contribution in [0.2, 0.25) is 0 Å². The van der Waals surface area contributed by atoms with Crippen molar-refractivity contribution in [1.29, 1.82) is 0 Å². The molecule has 1 fully saturated rings. The van der Waals surface area contributed by atoms with Gasteiger partial charge in [-0.15, -0.1) is 4.83 Å². The number of amides is 2. The van der Waals surface area contributed by atoms with Crippen LogP contribution in [0.15, 0.2) is 58.3 Å². The minimum atomic E-state index is -3.92. The van der Waals surface area contributed by atoms with Gasteiger partial charge in [-0.25, -0.2) is 12.8 Å². The van der Waals surface area contributed by atoms with Crippen LogP contribution in [-0.2, 0) is 19.6 Å². The maximum Gasteiger partial charge on any atom is 0.266 e.